The topological polar surface area (TPSA) is 98.7 Å². The largest absolute Gasteiger partial charge is 0.388 e. The summed E-state index contributed by atoms with van der Waals surface area (Å²) in [7, 11) is 0. The first-order valence-electron chi connectivity index (χ1n) is 17.9. The Morgan fingerprint density at radius 3 is 1.21 bits per heavy atom. The van der Waals surface area contributed by atoms with Crippen LogP contribution in [0, 0.1) is 32.5 Å². The van der Waals surface area contributed by atoms with Crippen molar-refractivity contribution in [2.45, 2.75) is 135 Å². The molecule has 0 fully saturated rings. The zero-order chi connectivity index (χ0) is 36.9. The SMILES string of the molecule is CC(C)(C)C1=CC(C=CC(=O)NCCCCCCNC(=O)C=CC2=CC(C)(C(C)(C)C)C(O)C(C(C)(C)C)=C2)=CC(C)(C(C)(C)C)C1O. The van der Waals surface area contributed by atoms with Gasteiger partial charge in [0.15, 0.2) is 0 Å². The first kappa shape index (κ1) is 41.5. The molecule has 0 heterocycles. The summed E-state index contributed by atoms with van der Waals surface area (Å²) in [4.78, 5) is 25.1. The summed E-state index contributed by atoms with van der Waals surface area (Å²) < 4.78 is 0. The van der Waals surface area contributed by atoms with Gasteiger partial charge < -0.3 is 20.8 Å². The number of allylic oxidation sites excluding steroid dienone is 6. The molecule has 2 aliphatic rings. The van der Waals surface area contributed by atoms with Crippen molar-refractivity contribution in [2.24, 2.45) is 32.5 Å². The number of carbonyl (C=O) groups is 2. The lowest BCUT2D eigenvalue weighted by Crippen LogP contribution is -2.46. The molecule has 4 atom stereocenters. The van der Waals surface area contributed by atoms with Crippen LogP contribution in [0.2, 0.25) is 0 Å². The van der Waals surface area contributed by atoms with E-state index < -0.39 is 23.0 Å². The third-order valence-electron chi connectivity index (χ3n) is 10.8. The van der Waals surface area contributed by atoms with Crippen molar-refractivity contribution in [3.05, 3.63) is 70.9 Å². The van der Waals surface area contributed by atoms with Crippen LogP contribution in [0.5, 0.6) is 0 Å². The highest BCUT2D eigenvalue weighted by molar-refractivity contribution is 5.88. The molecule has 2 amide bonds. The molecule has 0 saturated heterocycles. The number of carbonyl (C=O) groups excluding carboxylic acids is 2. The molecule has 0 bridgehead atoms. The Labute approximate surface area is 293 Å². The van der Waals surface area contributed by atoms with Gasteiger partial charge in [-0.05, 0) is 68.9 Å². The maximum atomic E-state index is 12.6. The first-order valence-corrected chi connectivity index (χ1v) is 17.9. The van der Waals surface area contributed by atoms with Crippen molar-refractivity contribution in [3.63, 3.8) is 0 Å². The van der Waals surface area contributed by atoms with Crippen LogP contribution < -0.4 is 10.6 Å². The van der Waals surface area contributed by atoms with Gasteiger partial charge in [-0.25, -0.2) is 0 Å². The Kier molecular flexibility index (Phi) is 13.4. The summed E-state index contributed by atoms with van der Waals surface area (Å²) in [6, 6.07) is 0. The van der Waals surface area contributed by atoms with Crippen molar-refractivity contribution < 1.29 is 19.8 Å². The van der Waals surface area contributed by atoms with E-state index in [-0.39, 0.29) is 33.5 Å². The molecule has 0 aromatic rings. The standard InChI is InChI=1S/C42H68N2O4/c1-37(2,3)31-25-29(27-41(13,35(31)47)39(7,8)9)19-21-33(45)43-23-17-15-16-18-24-44-34(46)22-20-30-26-32(38(4,5)6)36(48)42(14,28-30)40(10,11)12/h19-22,25-28,35-36,47-48H,15-18,23-24H2,1-14H3,(H,43,45)(H,44,46). The van der Waals surface area contributed by atoms with Gasteiger partial charge in [0.05, 0.1) is 12.2 Å². The van der Waals surface area contributed by atoms with Crippen molar-refractivity contribution >= 4 is 11.8 Å². The average molecular weight is 665 g/mol. The van der Waals surface area contributed by atoms with E-state index in [1.54, 1.807) is 12.2 Å². The van der Waals surface area contributed by atoms with Gasteiger partial charge >= 0.3 is 0 Å². The van der Waals surface area contributed by atoms with E-state index in [1.165, 1.54) is 0 Å². The molecule has 270 valence electrons. The molecule has 6 nitrogen and oxygen atoms in total. The van der Waals surface area contributed by atoms with Crippen molar-refractivity contribution in [1.29, 1.82) is 0 Å². The van der Waals surface area contributed by atoms with Gasteiger partial charge in [0.25, 0.3) is 0 Å². The lowest BCUT2D eigenvalue weighted by molar-refractivity contribution is -0.117. The summed E-state index contributed by atoms with van der Waals surface area (Å²) >= 11 is 0. The van der Waals surface area contributed by atoms with Crippen molar-refractivity contribution in [3.8, 4) is 0 Å². The second kappa shape index (κ2) is 15.5. The molecule has 0 aromatic carbocycles. The summed E-state index contributed by atoms with van der Waals surface area (Å²) in [5.74, 6) is -0.252. The van der Waals surface area contributed by atoms with Crippen LogP contribution in [0.25, 0.3) is 0 Å². The van der Waals surface area contributed by atoms with E-state index >= 15 is 0 Å². The Bertz CT molecular complexity index is 1240. The van der Waals surface area contributed by atoms with Crippen LogP contribution >= 0.6 is 0 Å². The highest BCUT2D eigenvalue weighted by Gasteiger charge is 2.48. The van der Waals surface area contributed by atoms with Crippen molar-refractivity contribution in [2.75, 3.05) is 13.1 Å². The van der Waals surface area contributed by atoms with E-state index in [0.29, 0.717) is 13.1 Å². The Balaban J connectivity index is 1.82. The van der Waals surface area contributed by atoms with Crippen LogP contribution in [0.15, 0.2) is 70.9 Å². The minimum Gasteiger partial charge on any atom is -0.388 e. The van der Waals surface area contributed by atoms with E-state index in [1.807, 2.05) is 24.3 Å². The van der Waals surface area contributed by atoms with Gasteiger partial charge in [-0.1, -0.05) is 134 Å². The van der Waals surface area contributed by atoms with Gasteiger partial charge in [-0.3, -0.25) is 9.59 Å². The number of unbranched alkanes of at least 4 members (excludes halogenated alkanes) is 3. The van der Waals surface area contributed by atoms with Crippen LogP contribution in [-0.2, 0) is 9.59 Å². The lowest BCUT2D eigenvalue weighted by atomic mass is 9.58. The van der Waals surface area contributed by atoms with E-state index in [2.05, 4.69) is 120 Å². The highest BCUT2D eigenvalue weighted by Crippen LogP contribution is 2.52. The summed E-state index contributed by atoms with van der Waals surface area (Å²) in [6.07, 6.45) is 17.6. The Morgan fingerprint density at radius 1 is 0.625 bits per heavy atom. The summed E-state index contributed by atoms with van der Waals surface area (Å²) in [6.45, 7) is 30.9. The predicted molar refractivity (Wildman–Crippen MR) is 201 cm³/mol. The predicted octanol–water partition coefficient (Wildman–Crippen LogP) is 8.54. The second-order valence-corrected chi connectivity index (χ2v) is 18.5. The number of rotatable bonds is 11. The van der Waals surface area contributed by atoms with Gasteiger partial charge in [0, 0.05) is 36.1 Å². The molecule has 0 saturated carbocycles. The number of hydrogen-bond donors (Lipinski definition) is 4. The fourth-order valence-electron chi connectivity index (χ4n) is 6.28. The van der Waals surface area contributed by atoms with Crippen LogP contribution in [0.3, 0.4) is 0 Å². The number of hydrogen-bond acceptors (Lipinski definition) is 4. The minimum atomic E-state index is -0.590. The molecular formula is C42H68N2O4. The Hall–Kier alpha value is -2.70. The van der Waals surface area contributed by atoms with Gasteiger partial charge in [0.2, 0.25) is 11.8 Å². The first-order chi connectivity index (χ1) is 21.7. The van der Waals surface area contributed by atoms with Crippen LogP contribution in [-0.4, -0.2) is 47.3 Å². The fraction of sp³-hybridized carbons (Fsp3) is 0.667. The molecule has 2 aliphatic carbocycles. The molecule has 2 rings (SSSR count). The number of nitrogens with one attached hydrogen (secondary N) is 2. The van der Waals surface area contributed by atoms with E-state index in [9.17, 15) is 19.8 Å². The third kappa shape index (κ3) is 10.4. The Morgan fingerprint density at radius 2 is 0.938 bits per heavy atom. The van der Waals surface area contributed by atoms with E-state index in [0.717, 1.165) is 48.0 Å². The smallest absolute Gasteiger partial charge is 0.243 e. The number of aliphatic hydroxyl groups excluding tert-OH is 2. The molecule has 0 spiro atoms. The molecule has 4 N–H and O–H groups in total. The summed E-state index contributed by atoms with van der Waals surface area (Å²) in [5, 5.41) is 28.6. The van der Waals surface area contributed by atoms with Crippen LogP contribution in [0.1, 0.15) is 123 Å². The number of amides is 2. The summed E-state index contributed by atoms with van der Waals surface area (Å²) in [5.41, 5.74) is 2.20. The molecule has 0 aromatic heterocycles. The number of aliphatic hydroxyl groups is 2. The maximum Gasteiger partial charge on any atom is 0.243 e. The molecule has 48 heavy (non-hydrogen) atoms. The molecule has 4 unspecified atom stereocenters. The molecular weight excluding hydrogens is 596 g/mol. The fourth-order valence-corrected chi connectivity index (χ4v) is 6.28. The monoisotopic (exact) mass is 665 g/mol. The maximum absolute atomic E-state index is 12.6. The zero-order valence-corrected chi connectivity index (χ0v) is 32.7. The quantitative estimate of drug-likeness (QED) is 0.131. The van der Waals surface area contributed by atoms with Crippen LogP contribution in [0.4, 0.5) is 0 Å². The van der Waals surface area contributed by atoms with Gasteiger partial charge in [0.1, 0.15) is 0 Å². The lowest BCUT2D eigenvalue weighted by Gasteiger charge is -2.48. The zero-order valence-electron chi connectivity index (χ0n) is 32.7. The van der Waals surface area contributed by atoms with Gasteiger partial charge in [-0.15, -0.1) is 0 Å². The minimum absolute atomic E-state index is 0.126. The van der Waals surface area contributed by atoms with Crippen molar-refractivity contribution in [1.82, 2.24) is 10.6 Å². The second-order valence-electron chi connectivity index (χ2n) is 18.5. The highest BCUT2D eigenvalue weighted by atomic mass is 16.3. The molecule has 6 heteroatoms. The van der Waals surface area contributed by atoms with Gasteiger partial charge in [-0.2, -0.15) is 0 Å². The van der Waals surface area contributed by atoms with E-state index in [4.69, 9.17) is 0 Å². The average Bonchev–Trinajstić information content (AvgIpc) is 2.93. The molecule has 0 aliphatic heterocycles. The molecule has 0 radical (unpaired) electrons. The normalized spacial score (nSPS) is 25.8. The third-order valence-corrected chi connectivity index (χ3v) is 10.8.